The zero-order valence-electron chi connectivity index (χ0n) is 13.5. The van der Waals surface area contributed by atoms with Crippen LogP contribution in [-0.4, -0.2) is 22.0 Å². The number of hydrogen-bond donors (Lipinski definition) is 0. The van der Waals surface area contributed by atoms with Crippen LogP contribution in [0.15, 0.2) is 23.2 Å². The molecule has 0 saturated heterocycles. The molecule has 1 aromatic carbocycles. The molecule has 1 aliphatic carbocycles. The molecule has 0 atom stereocenters. The van der Waals surface area contributed by atoms with Crippen molar-refractivity contribution in [2.24, 2.45) is 0 Å². The summed E-state index contributed by atoms with van der Waals surface area (Å²) in [5.41, 5.74) is 2.81. The van der Waals surface area contributed by atoms with Crippen LogP contribution < -0.4 is 0 Å². The molecule has 0 bridgehead atoms. The number of benzene rings is 1. The van der Waals surface area contributed by atoms with Crippen LogP contribution in [0.1, 0.15) is 54.2 Å². The number of carbonyl (C=O) groups is 1. The highest BCUT2D eigenvalue weighted by molar-refractivity contribution is 7.98. The molecule has 0 saturated carbocycles. The molecular weight excluding hydrogens is 311 g/mol. The molecule has 1 heterocycles. The molecule has 23 heavy (non-hydrogen) atoms. The van der Waals surface area contributed by atoms with Crippen molar-refractivity contribution in [1.29, 1.82) is 0 Å². The summed E-state index contributed by atoms with van der Waals surface area (Å²) in [4.78, 5) is 21.4. The maximum absolute atomic E-state index is 14.3. The van der Waals surface area contributed by atoms with Gasteiger partial charge in [0.25, 0.3) is 0 Å². The number of halogens is 1. The minimum Gasteiger partial charge on any atom is -0.294 e. The van der Waals surface area contributed by atoms with Gasteiger partial charge in [0.05, 0.1) is 11.3 Å². The molecule has 0 N–H and O–H groups in total. The topological polar surface area (TPSA) is 42.9 Å². The fourth-order valence-corrected chi connectivity index (χ4v) is 3.69. The monoisotopic (exact) mass is 330 g/mol. The van der Waals surface area contributed by atoms with Gasteiger partial charge < -0.3 is 0 Å². The molecule has 3 rings (SSSR count). The van der Waals surface area contributed by atoms with Gasteiger partial charge in [-0.15, -0.1) is 11.8 Å². The third-order valence-electron chi connectivity index (χ3n) is 4.11. The summed E-state index contributed by atoms with van der Waals surface area (Å²) in [6.07, 6.45) is 4.05. The molecule has 0 amide bonds. The number of rotatable bonds is 3. The Kier molecular flexibility index (Phi) is 4.48. The van der Waals surface area contributed by atoms with Gasteiger partial charge in [-0.05, 0) is 31.1 Å². The van der Waals surface area contributed by atoms with E-state index in [1.54, 1.807) is 6.07 Å². The van der Waals surface area contributed by atoms with E-state index in [4.69, 9.17) is 0 Å². The van der Waals surface area contributed by atoms with Gasteiger partial charge in [-0.25, -0.2) is 14.4 Å². The summed E-state index contributed by atoms with van der Waals surface area (Å²) in [7, 11) is 0. The lowest BCUT2D eigenvalue weighted by Gasteiger charge is -2.19. The fraction of sp³-hybridized carbons (Fsp3) is 0.389. The first-order valence-electron chi connectivity index (χ1n) is 7.79. The van der Waals surface area contributed by atoms with Crippen molar-refractivity contribution in [3.8, 4) is 11.4 Å². The number of ketones is 1. The maximum Gasteiger partial charge on any atom is 0.167 e. The Balaban J connectivity index is 2.23. The van der Waals surface area contributed by atoms with E-state index in [2.05, 4.69) is 9.97 Å². The number of nitrogens with zero attached hydrogens (tertiary/aromatic N) is 2. The fourth-order valence-electron chi connectivity index (χ4n) is 3.07. The van der Waals surface area contributed by atoms with Gasteiger partial charge in [-0.3, -0.25) is 4.79 Å². The van der Waals surface area contributed by atoms with E-state index in [9.17, 15) is 9.18 Å². The number of carbonyl (C=O) groups excluding carboxylic acids is 1. The van der Waals surface area contributed by atoms with Crippen LogP contribution in [0.4, 0.5) is 4.39 Å². The Morgan fingerprint density at radius 3 is 2.70 bits per heavy atom. The van der Waals surface area contributed by atoms with Crippen molar-refractivity contribution in [3.63, 3.8) is 0 Å². The van der Waals surface area contributed by atoms with Gasteiger partial charge in [0.2, 0.25) is 0 Å². The molecule has 0 spiro atoms. The van der Waals surface area contributed by atoms with Gasteiger partial charge in [0.1, 0.15) is 10.8 Å². The van der Waals surface area contributed by atoms with Crippen LogP contribution in [0.3, 0.4) is 0 Å². The number of aryl methyl sites for hydroxylation is 1. The Labute approximate surface area is 139 Å². The van der Waals surface area contributed by atoms with E-state index in [0.29, 0.717) is 28.4 Å². The van der Waals surface area contributed by atoms with Gasteiger partial charge in [0, 0.05) is 17.5 Å². The van der Waals surface area contributed by atoms with E-state index >= 15 is 0 Å². The highest BCUT2D eigenvalue weighted by Crippen LogP contribution is 2.33. The van der Waals surface area contributed by atoms with E-state index in [0.717, 1.165) is 24.1 Å². The van der Waals surface area contributed by atoms with Gasteiger partial charge in [-0.2, -0.15) is 0 Å². The summed E-state index contributed by atoms with van der Waals surface area (Å²) in [5.74, 6) is 0.433. The molecule has 120 valence electrons. The smallest absolute Gasteiger partial charge is 0.167 e. The molecular formula is C18H19FN2OS. The molecule has 0 fully saturated rings. The van der Waals surface area contributed by atoms with E-state index in [1.165, 1.54) is 17.8 Å². The molecule has 2 aromatic rings. The second kappa shape index (κ2) is 6.40. The Morgan fingerprint density at radius 1 is 1.22 bits per heavy atom. The zero-order valence-corrected chi connectivity index (χ0v) is 14.3. The van der Waals surface area contributed by atoms with Crippen LogP contribution in [0.2, 0.25) is 0 Å². The largest absolute Gasteiger partial charge is 0.294 e. The molecule has 3 nitrogen and oxygen atoms in total. The van der Waals surface area contributed by atoms with E-state index in [-0.39, 0.29) is 17.5 Å². The molecule has 0 aliphatic heterocycles. The third kappa shape index (κ3) is 2.90. The highest BCUT2D eigenvalue weighted by Gasteiger charge is 2.25. The average molecular weight is 330 g/mol. The van der Waals surface area contributed by atoms with Gasteiger partial charge in [-0.1, -0.05) is 26.0 Å². The lowest BCUT2D eigenvalue weighted by Crippen LogP contribution is -2.16. The maximum atomic E-state index is 14.3. The van der Waals surface area contributed by atoms with E-state index in [1.807, 2.05) is 26.2 Å². The summed E-state index contributed by atoms with van der Waals surface area (Å²) in [5, 5.41) is 0.702. The SMILES string of the molecule is CSc1nc(-c2cccc(F)c2C(C)C)nc2c1C(=O)CCC2. The van der Waals surface area contributed by atoms with Crippen molar-refractivity contribution >= 4 is 17.5 Å². The highest BCUT2D eigenvalue weighted by atomic mass is 32.2. The lowest BCUT2D eigenvalue weighted by atomic mass is 9.94. The summed E-state index contributed by atoms with van der Waals surface area (Å²) in [6.45, 7) is 3.92. The van der Waals surface area contributed by atoms with Crippen molar-refractivity contribution < 1.29 is 9.18 Å². The normalized spacial score (nSPS) is 14.2. The first-order chi connectivity index (χ1) is 11.0. The molecule has 1 aliphatic rings. The summed E-state index contributed by atoms with van der Waals surface area (Å²) in [6, 6.07) is 5.01. The number of thioether (sulfide) groups is 1. The van der Waals surface area contributed by atoms with Crippen molar-refractivity contribution in [3.05, 3.63) is 40.8 Å². The van der Waals surface area contributed by atoms with E-state index < -0.39 is 0 Å². The Bertz CT molecular complexity index is 757. The van der Waals surface area contributed by atoms with Gasteiger partial charge >= 0.3 is 0 Å². The molecule has 1 aromatic heterocycles. The molecule has 0 unspecified atom stereocenters. The van der Waals surface area contributed by atoms with Crippen LogP contribution in [-0.2, 0) is 6.42 Å². The summed E-state index contributed by atoms with van der Waals surface area (Å²) >= 11 is 1.45. The van der Waals surface area contributed by atoms with Crippen LogP contribution in [0, 0.1) is 5.82 Å². The average Bonchev–Trinajstić information content (AvgIpc) is 2.53. The van der Waals surface area contributed by atoms with Gasteiger partial charge in [0.15, 0.2) is 11.6 Å². The standard InChI is InChI=1S/C18H19FN2OS/c1-10(2)15-11(6-4-7-12(15)19)17-20-13-8-5-9-14(22)16(13)18(21-17)23-3/h4,6-7,10H,5,8-9H2,1-3H3. The number of fused-ring (bicyclic) bond motifs is 1. The zero-order chi connectivity index (χ0) is 16.6. The van der Waals surface area contributed by atoms with Crippen molar-refractivity contribution in [1.82, 2.24) is 9.97 Å². The number of Topliss-reactive ketones (excluding diaryl/α,β-unsaturated/α-hetero) is 1. The van der Waals surface area contributed by atoms with Crippen LogP contribution in [0.5, 0.6) is 0 Å². The first kappa shape index (κ1) is 16.1. The first-order valence-corrected chi connectivity index (χ1v) is 9.02. The third-order valence-corrected chi connectivity index (χ3v) is 4.79. The predicted octanol–water partition coefficient (Wildman–Crippen LogP) is 4.65. The quantitative estimate of drug-likeness (QED) is 0.607. The Morgan fingerprint density at radius 2 is 2.00 bits per heavy atom. The second-order valence-electron chi connectivity index (χ2n) is 6.01. The molecule has 5 heteroatoms. The van der Waals surface area contributed by atoms with Crippen LogP contribution >= 0.6 is 11.8 Å². The molecule has 0 radical (unpaired) electrons. The Hall–Kier alpha value is -1.75. The lowest BCUT2D eigenvalue weighted by molar-refractivity contribution is 0.0967. The number of aromatic nitrogens is 2. The van der Waals surface area contributed by atoms with Crippen LogP contribution in [0.25, 0.3) is 11.4 Å². The minimum atomic E-state index is -0.236. The minimum absolute atomic E-state index is 0.0326. The predicted molar refractivity (Wildman–Crippen MR) is 90.6 cm³/mol. The van der Waals surface area contributed by atoms with Crippen molar-refractivity contribution in [2.45, 2.75) is 44.1 Å². The second-order valence-corrected chi connectivity index (χ2v) is 6.81. The van der Waals surface area contributed by atoms with Crippen molar-refractivity contribution in [2.75, 3.05) is 6.26 Å². The summed E-state index contributed by atoms with van der Waals surface area (Å²) < 4.78 is 14.3. The number of hydrogen-bond acceptors (Lipinski definition) is 4.